The molecule has 2 unspecified atom stereocenters. The molecule has 3 rings (SSSR count). The average molecular weight is 491 g/mol. The molecule has 0 saturated heterocycles. The van der Waals surface area contributed by atoms with Crippen LogP contribution in [-0.2, 0) is 4.74 Å². The third kappa shape index (κ3) is 5.32. The van der Waals surface area contributed by atoms with Gasteiger partial charge < -0.3 is 14.2 Å². The lowest BCUT2D eigenvalue weighted by atomic mass is 10.0. The first-order chi connectivity index (χ1) is 14.2. The first-order valence-electron chi connectivity index (χ1n) is 9.00. The van der Waals surface area contributed by atoms with Gasteiger partial charge >= 0.3 is 12.1 Å². The summed E-state index contributed by atoms with van der Waals surface area (Å²) in [5, 5.41) is 0.592. The second-order valence-electron chi connectivity index (χ2n) is 7.30. The lowest BCUT2D eigenvalue weighted by Crippen LogP contribution is -2.27. The molecule has 2 aromatic carbocycles. The maximum absolute atomic E-state index is 13.1. The third-order valence-electron chi connectivity index (χ3n) is 3.81. The van der Waals surface area contributed by atoms with E-state index < -0.39 is 17.7 Å². The van der Waals surface area contributed by atoms with Crippen LogP contribution in [0.2, 0.25) is 0 Å². The van der Waals surface area contributed by atoms with Crippen molar-refractivity contribution in [1.82, 2.24) is 9.97 Å². The molecule has 30 heavy (non-hydrogen) atoms. The van der Waals surface area contributed by atoms with Crippen molar-refractivity contribution in [3.05, 3.63) is 60.0 Å². The van der Waals surface area contributed by atoms with Crippen LogP contribution in [0.5, 0.6) is 11.5 Å². The molecule has 0 aliphatic heterocycles. The Morgan fingerprint density at radius 3 is 2.47 bits per heavy atom. The van der Waals surface area contributed by atoms with E-state index in [1.807, 2.05) is 6.07 Å². The Kier molecular flexibility index (Phi) is 6.68. The fourth-order valence-corrected chi connectivity index (χ4v) is 3.28. The molecule has 7 nitrogen and oxygen atoms in total. The molecule has 9 heteroatoms. The third-order valence-corrected chi connectivity index (χ3v) is 4.66. The molecule has 0 aliphatic rings. The van der Waals surface area contributed by atoms with Gasteiger partial charge in [0.25, 0.3) is 0 Å². The Hall–Kier alpha value is -2.57. The lowest BCUT2D eigenvalue weighted by Gasteiger charge is -2.21. The van der Waals surface area contributed by atoms with E-state index in [-0.39, 0.29) is 21.4 Å². The predicted molar refractivity (Wildman–Crippen MR) is 119 cm³/mol. The van der Waals surface area contributed by atoms with Gasteiger partial charge in [-0.25, -0.2) is 19.6 Å². The predicted octanol–water partition coefficient (Wildman–Crippen LogP) is 5.43. The summed E-state index contributed by atoms with van der Waals surface area (Å²) < 4.78 is 16.0. The Morgan fingerprint density at radius 1 is 1.13 bits per heavy atom. The van der Waals surface area contributed by atoms with Crippen LogP contribution >= 0.6 is 25.2 Å². The molecule has 0 bridgehead atoms. The summed E-state index contributed by atoms with van der Waals surface area (Å²) in [6, 6.07) is 10.4. The van der Waals surface area contributed by atoms with Crippen LogP contribution in [0.25, 0.3) is 10.9 Å². The summed E-state index contributed by atoms with van der Waals surface area (Å²) in [5.41, 5.74) is 0.107. The van der Waals surface area contributed by atoms with Crippen LogP contribution < -0.4 is 9.47 Å². The quantitative estimate of drug-likeness (QED) is 0.158. The number of para-hydroxylation sites is 1. The molecule has 0 saturated carbocycles. The second-order valence-corrected chi connectivity index (χ2v) is 9.93. The van der Waals surface area contributed by atoms with Crippen molar-refractivity contribution in [2.75, 3.05) is 0 Å². The lowest BCUT2D eigenvalue weighted by molar-refractivity contribution is 0.0207. The van der Waals surface area contributed by atoms with Crippen LogP contribution in [0.15, 0.2) is 48.9 Å². The van der Waals surface area contributed by atoms with Crippen molar-refractivity contribution < 1.29 is 23.8 Å². The van der Waals surface area contributed by atoms with Gasteiger partial charge in [0.1, 0.15) is 28.8 Å². The van der Waals surface area contributed by atoms with Crippen molar-refractivity contribution in [3.8, 4) is 11.5 Å². The minimum atomic E-state index is -0.955. The molecule has 1 heterocycles. The number of benzene rings is 2. The number of esters is 1. The average Bonchev–Trinajstić information content (AvgIpc) is 2.66. The number of aromatic nitrogens is 2. The summed E-state index contributed by atoms with van der Waals surface area (Å²) in [6.07, 6.45) is 1.92. The van der Waals surface area contributed by atoms with Gasteiger partial charge in [-0.05, 0) is 44.5 Å². The highest BCUT2D eigenvalue weighted by atomic mass is 79.9. The number of carbonyl (C=O) groups is 2. The number of ether oxygens (including phenoxy) is 3. The van der Waals surface area contributed by atoms with Gasteiger partial charge in [-0.2, -0.15) is 0 Å². The topological polar surface area (TPSA) is 87.6 Å². The number of halogens is 1. The summed E-state index contributed by atoms with van der Waals surface area (Å²) in [5.74, 6) is -0.386. The van der Waals surface area contributed by atoms with Crippen LogP contribution in [0.4, 0.5) is 4.79 Å². The zero-order valence-corrected chi connectivity index (χ0v) is 19.3. The number of hydrogen-bond donors (Lipinski definition) is 0. The van der Waals surface area contributed by atoms with E-state index in [0.717, 1.165) is 0 Å². The number of hydrogen-bond acceptors (Lipinski definition) is 7. The van der Waals surface area contributed by atoms with Gasteiger partial charge in [-0.3, -0.25) is 0 Å². The normalized spacial score (nSPS) is 12.3. The minimum Gasteiger partial charge on any atom is -0.428 e. The molecule has 0 fully saturated rings. The molecule has 3 aromatic rings. The summed E-state index contributed by atoms with van der Waals surface area (Å²) in [7, 11) is 2.55. The summed E-state index contributed by atoms with van der Waals surface area (Å²) >= 11 is 3.46. The van der Waals surface area contributed by atoms with Gasteiger partial charge in [0, 0.05) is 11.6 Å². The maximum atomic E-state index is 13.1. The SMILES string of the molecule is CC(C)(C)OC(=O)Oc1c(C(=O)Oc2ccccc2)c(C(P)Br)cc2cncnc12. The van der Waals surface area contributed by atoms with Crippen LogP contribution in [0.3, 0.4) is 0 Å². The molecular weight excluding hydrogens is 471 g/mol. The van der Waals surface area contributed by atoms with Crippen molar-refractivity contribution in [2.24, 2.45) is 0 Å². The molecule has 0 N–H and O–H groups in total. The highest BCUT2D eigenvalue weighted by molar-refractivity contribution is 9.10. The van der Waals surface area contributed by atoms with Gasteiger partial charge in [-0.15, -0.1) is 9.24 Å². The first-order valence-corrected chi connectivity index (χ1v) is 10.6. The molecule has 1 aromatic heterocycles. The van der Waals surface area contributed by atoms with Gasteiger partial charge in [0.05, 0.1) is 4.57 Å². The molecule has 2 atom stereocenters. The Morgan fingerprint density at radius 2 is 1.83 bits per heavy atom. The standard InChI is InChI=1S/C21H20BrN2O5P/c1-21(2,3)29-20(26)28-17-15(19(25)27-13-7-5-4-6-8-13)14(18(22)30)9-12-10-23-11-24-16(12)17/h4-11,18H,30H2,1-3H3. The number of fused-ring (bicyclic) bond motifs is 1. The largest absolute Gasteiger partial charge is 0.514 e. The summed E-state index contributed by atoms with van der Waals surface area (Å²) in [4.78, 5) is 33.8. The van der Waals surface area contributed by atoms with E-state index in [1.54, 1.807) is 57.3 Å². The maximum Gasteiger partial charge on any atom is 0.514 e. The molecular formula is C21H20BrN2O5P. The van der Waals surface area contributed by atoms with Crippen molar-refractivity contribution in [3.63, 3.8) is 0 Å². The van der Waals surface area contributed by atoms with Gasteiger partial charge in [-0.1, -0.05) is 34.1 Å². The van der Waals surface area contributed by atoms with Crippen molar-refractivity contribution >= 4 is 48.2 Å². The van der Waals surface area contributed by atoms with E-state index >= 15 is 0 Å². The van der Waals surface area contributed by atoms with Crippen molar-refractivity contribution in [1.29, 1.82) is 0 Å². The molecule has 0 aliphatic carbocycles. The van der Waals surface area contributed by atoms with E-state index in [4.69, 9.17) is 14.2 Å². The summed E-state index contributed by atoms with van der Waals surface area (Å²) in [6.45, 7) is 5.15. The highest BCUT2D eigenvalue weighted by Crippen LogP contribution is 2.40. The smallest absolute Gasteiger partial charge is 0.428 e. The fraction of sp³-hybridized carbons (Fsp3) is 0.238. The van der Waals surface area contributed by atoms with Crippen LogP contribution in [-0.4, -0.2) is 27.7 Å². The van der Waals surface area contributed by atoms with Gasteiger partial charge in [0.2, 0.25) is 0 Å². The molecule has 0 amide bonds. The monoisotopic (exact) mass is 490 g/mol. The first kappa shape index (κ1) is 22.1. The van der Waals surface area contributed by atoms with Crippen LogP contribution in [0.1, 0.15) is 41.3 Å². The zero-order chi connectivity index (χ0) is 21.9. The van der Waals surface area contributed by atoms with Gasteiger partial charge in [0.15, 0.2) is 5.75 Å². The number of nitrogens with zero attached hydrogens (tertiary/aromatic N) is 2. The highest BCUT2D eigenvalue weighted by Gasteiger charge is 2.29. The van der Waals surface area contributed by atoms with E-state index in [9.17, 15) is 9.59 Å². The fourth-order valence-electron chi connectivity index (χ4n) is 2.65. The van der Waals surface area contributed by atoms with E-state index in [0.29, 0.717) is 16.7 Å². The number of alkyl halides is 1. The second kappa shape index (κ2) is 9.06. The van der Waals surface area contributed by atoms with E-state index in [2.05, 4.69) is 35.1 Å². The molecule has 0 radical (unpaired) electrons. The number of carbonyl (C=O) groups excluding carboxylic acids is 2. The van der Waals surface area contributed by atoms with Crippen LogP contribution in [0, 0.1) is 0 Å². The van der Waals surface area contributed by atoms with Crippen molar-refractivity contribution in [2.45, 2.75) is 30.9 Å². The number of rotatable bonds is 4. The minimum absolute atomic E-state index is 0.0491. The molecule has 156 valence electrons. The zero-order valence-electron chi connectivity index (χ0n) is 16.6. The Balaban J connectivity index is 2.15. The van der Waals surface area contributed by atoms with E-state index in [1.165, 1.54) is 6.33 Å². The Bertz CT molecular complexity index is 1080. The Labute approximate surface area is 184 Å². The molecule has 0 spiro atoms.